The molecule has 12 heteroatoms. The van der Waals surface area contributed by atoms with E-state index in [9.17, 15) is 20.4 Å². The summed E-state index contributed by atoms with van der Waals surface area (Å²) < 4.78 is 30.0. The molecular weight excluding hydrogens is 1320 g/mol. The van der Waals surface area contributed by atoms with E-state index in [2.05, 4.69) is 34.2 Å². The van der Waals surface area contributed by atoms with Crippen LogP contribution in [0.4, 0.5) is 0 Å². The molecule has 4 aliphatic rings. The molecule has 4 N–H and O–H groups in total. The summed E-state index contributed by atoms with van der Waals surface area (Å²) in [6, 6.07) is 89.1. The van der Waals surface area contributed by atoms with Crippen molar-refractivity contribution in [2.45, 2.75) is 110 Å². The van der Waals surface area contributed by atoms with Gasteiger partial charge in [0.1, 0.15) is 46.8 Å². The van der Waals surface area contributed by atoms with Crippen molar-refractivity contribution in [3.63, 3.8) is 0 Å². The van der Waals surface area contributed by atoms with Gasteiger partial charge >= 0.3 is 100 Å². The fourth-order valence-electron chi connectivity index (χ4n) is 13.1. The SMILES string of the molecule is OC(c1ccccc1)(c1ccccc1)[C@@H]1OC2(CCCC2)O[C@H]1C(O)(c1ccccc1)c1ccccc1.OC(c1ccccc1)(c1ccccc1)[C@@H]1OC2(CCCC2)O[C@H]1C(O)(c1ccccc1)c1ccccc1.c1ccc([Te][Te]c2ccccn2)nc1. The van der Waals surface area contributed by atoms with Gasteiger partial charge in [-0.25, -0.2) is 0 Å². The van der Waals surface area contributed by atoms with Crippen molar-refractivity contribution in [1.82, 2.24) is 9.97 Å². The van der Waals surface area contributed by atoms with Gasteiger partial charge in [-0.3, -0.25) is 0 Å². The second-order valence-electron chi connectivity index (χ2n) is 22.9. The van der Waals surface area contributed by atoms with Crippen molar-refractivity contribution in [3.05, 3.63) is 336 Å². The van der Waals surface area contributed by atoms with Gasteiger partial charge < -0.3 is 39.4 Å². The second kappa shape index (κ2) is 27.6. The second-order valence-corrected chi connectivity index (χ2v) is 32.6. The van der Waals surface area contributed by atoms with Crippen LogP contribution in [0.15, 0.2) is 291 Å². The number of ether oxygens (including phenoxy) is 4. The fraction of sp³-hybridized carbons (Fsp3) is 0.237. The first-order chi connectivity index (χ1) is 43.1. The number of hydrogen-bond donors (Lipinski definition) is 4. The first-order valence-corrected chi connectivity index (χ1v) is 40.0. The van der Waals surface area contributed by atoms with E-state index in [4.69, 9.17) is 18.9 Å². The molecule has 0 radical (unpaired) electrons. The number of hydrogen-bond acceptors (Lipinski definition) is 10. The molecular formula is C76H72N2O8Te2. The topological polar surface area (TPSA) is 144 Å². The number of benzene rings is 8. The van der Waals surface area contributed by atoms with Crippen LogP contribution in [-0.4, -0.2) is 100 Å². The number of aromatic nitrogens is 2. The Bertz CT molecular complexity index is 3120. The molecule has 0 bridgehead atoms. The fourth-order valence-corrected chi connectivity index (χ4v) is 22.0. The Morgan fingerprint density at radius 2 is 0.455 bits per heavy atom. The Kier molecular flexibility index (Phi) is 19.3. The summed E-state index contributed by atoms with van der Waals surface area (Å²) in [6.07, 6.45) is 7.00. The zero-order chi connectivity index (χ0) is 60.3. The van der Waals surface area contributed by atoms with Crippen LogP contribution in [0, 0.1) is 0 Å². The standard InChI is InChI=1S/2C33H32O4.C10H8N2Te2/c2*34-32(25-15-5-1-6-16-25,26-17-7-2-8-18-26)29-30(37-31(36-29)23-13-14-24-31)33(35,27-19-9-3-10-20-27)28-21-11-4-12-22-28;1-3-7-11-9(5-1)13-14-10-6-2-4-8-12-10/h2*1-12,15-22,29-30,34-35H,13-14,23-24H2;1-8H/t2*29-,30-;/m11./s1. The molecule has 2 aliphatic heterocycles. The molecule has 2 saturated heterocycles. The molecule has 88 heavy (non-hydrogen) atoms. The molecule has 4 atom stereocenters. The number of rotatable bonds is 15. The van der Waals surface area contributed by atoms with Crippen molar-refractivity contribution >= 4 is 41.6 Å². The predicted molar refractivity (Wildman–Crippen MR) is 345 cm³/mol. The van der Waals surface area contributed by atoms with Crippen LogP contribution in [0.1, 0.15) is 95.9 Å². The van der Waals surface area contributed by atoms with Crippen LogP contribution >= 0.6 is 0 Å². The van der Waals surface area contributed by atoms with Gasteiger partial charge in [0.05, 0.1) is 0 Å². The maximum atomic E-state index is 12.8. The normalized spacial score (nSPS) is 19.5. The number of pyridine rings is 2. The third kappa shape index (κ3) is 12.6. The zero-order valence-corrected chi connectivity index (χ0v) is 53.5. The van der Waals surface area contributed by atoms with Crippen LogP contribution in [-0.2, 0) is 41.4 Å². The quantitative estimate of drug-likeness (QED) is 0.0733. The molecule has 10 nitrogen and oxygen atoms in total. The van der Waals surface area contributed by atoms with E-state index in [0.717, 1.165) is 51.4 Å². The monoisotopic (exact) mass is 1400 g/mol. The summed E-state index contributed by atoms with van der Waals surface area (Å²) >= 11 is -0.148. The molecule has 4 fully saturated rings. The average Bonchev–Trinajstić information content (AvgIpc) is 1.69. The van der Waals surface area contributed by atoms with Crippen LogP contribution in [0.3, 0.4) is 0 Å². The summed E-state index contributed by atoms with van der Waals surface area (Å²) in [5.41, 5.74) is -0.747. The first-order valence-electron chi connectivity index (χ1n) is 30.3. The van der Waals surface area contributed by atoms with Gasteiger partial charge in [0.15, 0.2) is 11.6 Å². The summed E-state index contributed by atoms with van der Waals surface area (Å²) in [7, 11) is 0. The van der Waals surface area contributed by atoms with Crippen LogP contribution in [0.2, 0.25) is 0 Å². The average molecular weight is 1400 g/mol. The van der Waals surface area contributed by atoms with Crippen LogP contribution in [0.25, 0.3) is 0 Å². The molecule has 2 spiro atoms. The van der Waals surface area contributed by atoms with Crippen molar-refractivity contribution < 1.29 is 39.4 Å². The number of nitrogens with zero attached hydrogens (tertiary/aromatic N) is 2. The van der Waals surface area contributed by atoms with Gasteiger partial charge in [-0.15, -0.1) is 0 Å². The van der Waals surface area contributed by atoms with E-state index in [1.807, 2.05) is 267 Å². The molecule has 8 aromatic carbocycles. The first kappa shape index (κ1) is 61.6. The van der Waals surface area contributed by atoms with Crippen molar-refractivity contribution in [2.75, 3.05) is 0 Å². The van der Waals surface area contributed by atoms with Crippen LogP contribution < -0.4 is 7.48 Å². The minimum absolute atomic E-state index is 0.0740. The Hall–Kier alpha value is -6.68. The molecule has 2 aromatic heterocycles. The Morgan fingerprint density at radius 1 is 0.273 bits per heavy atom. The third-order valence-electron chi connectivity index (χ3n) is 17.5. The Labute approximate surface area is 532 Å². The van der Waals surface area contributed by atoms with Crippen molar-refractivity contribution in [2.24, 2.45) is 0 Å². The van der Waals surface area contributed by atoms with Gasteiger partial charge in [-0.1, -0.05) is 243 Å². The van der Waals surface area contributed by atoms with Gasteiger partial charge in [0.25, 0.3) is 0 Å². The maximum absolute atomic E-state index is 12.8. The molecule has 2 aliphatic carbocycles. The van der Waals surface area contributed by atoms with Gasteiger partial charge in [-0.05, 0) is 70.2 Å². The summed E-state index contributed by atoms with van der Waals surface area (Å²) in [6.45, 7) is 0. The van der Waals surface area contributed by atoms with Crippen molar-refractivity contribution in [1.29, 1.82) is 0 Å². The predicted octanol–water partition coefficient (Wildman–Crippen LogP) is 11.6. The summed E-state index contributed by atoms with van der Waals surface area (Å²) in [5, 5.41) is 51.2. The zero-order valence-electron chi connectivity index (χ0n) is 48.8. The molecule has 2 saturated carbocycles. The minimum atomic E-state index is -1.57. The number of aliphatic hydroxyl groups is 4. The summed E-state index contributed by atoms with van der Waals surface area (Å²) in [4.78, 5) is 8.71. The van der Waals surface area contributed by atoms with Crippen molar-refractivity contribution in [3.8, 4) is 0 Å². The third-order valence-corrected chi connectivity index (χ3v) is 28.2. The Morgan fingerprint density at radius 3 is 0.625 bits per heavy atom. The van der Waals surface area contributed by atoms with E-state index in [0.29, 0.717) is 44.5 Å². The van der Waals surface area contributed by atoms with E-state index in [1.165, 1.54) is 7.48 Å². The molecule has 14 rings (SSSR count). The summed E-state index contributed by atoms with van der Waals surface area (Å²) in [5.74, 6) is -1.71. The van der Waals surface area contributed by atoms with E-state index >= 15 is 0 Å². The van der Waals surface area contributed by atoms with E-state index in [1.54, 1.807) is 0 Å². The van der Waals surface area contributed by atoms with Gasteiger partial charge in [-0.2, -0.15) is 0 Å². The van der Waals surface area contributed by atoms with E-state index in [-0.39, 0.29) is 34.1 Å². The van der Waals surface area contributed by atoms with Gasteiger partial charge in [0.2, 0.25) is 0 Å². The van der Waals surface area contributed by atoms with Gasteiger partial charge in [0, 0.05) is 25.7 Å². The van der Waals surface area contributed by atoms with E-state index < -0.39 is 58.4 Å². The van der Waals surface area contributed by atoms with Crippen LogP contribution in [0.5, 0.6) is 0 Å². The molecule has 446 valence electrons. The molecule has 0 amide bonds. The molecule has 4 heterocycles. The Balaban J connectivity index is 0.000000141. The molecule has 10 aromatic rings. The molecule has 0 unspecified atom stereocenters.